The molecule has 2 atom stereocenters. The smallest absolute Gasteiger partial charge is 0.254 e. The van der Waals surface area contributed by atoms with Crippen molar-refractivity contribution in [2.45, 2.75) is 12.0 Å². The van der Waals surface area contributed by atoms with Gasteiger partial charge in [-0.15, -0.1) is 0 Å². The van der Waals surface area contributed by atoms with Gasteiger partial charge in [-0.05, 0) is 47.5 Å². The average Bonchev–Trinajstić information content (AvgIpc) is 2.86. The number of rotatable bonds is 6. The van der Waals surface area contributed by atoms with Gasteiger partial charge < -0.3 is 24.4 Å². The Balaban J connectivity index is 1.88. The highest BCUT2D eigenvalue weighted by Gasteiger charge is 2.43. The predicted molar refractivity (Wildman–Crippen MR) is 125 cm³/mol. The molecule has 0 saturated carbocycles. The van der Waals surface area contributed by atoms with Crippen molar-refractivity contribution in [3.63, 3.8) is 0 Å². The summed E-state index contributed by atoms with van der Waals surface area (Å²) in [6, 6.07) is 15.6. The SMILES string of the molecule is COc1ccc([C@@H]2[C@@H](C(=O)Nc3ccccc3F)c3cc(OC)c(OC)cc3C(=O)N2C)cc1. The lowest BCUT2D eigenvalue weighted by Gasteiger charge is -2.40. The summed E-state index contributed by atoms with van der Waals surface area (Å²) in [5.74, 6) is -0.733. The van der Waals surface area contributed by atoms with E-state index in [4.69, 9.17) is 14.2 Å². The molecule has 4 rings (SSSR count). The van der Waals surface area contributed by atoms with Crippen LogP contribution in [0.2, 0.25) is 0 Å². The third kappa shape index (κ3) is 4.03. The molecule has 0 radical (unpaired) electrons. The van der Waals surface area contributed by atoms with E-state index in [1.807, 2.05) is 12.1 Å². The number of amides is 2. The van der Waals surface area contributed by atoms with Gasteiger partial charge in [0.25, 0.3) is 5.91 Å². The molecule has 1 N–H and O–H groups in total. The molecule has 0 spiro atoms. The van der Waals surface area contributed by atoms with Crippen LogP contribution in [0.15, 0.2) is 60.7 Å². The fraction of sp³-hybridized carbons (Fsp3) is 0.231. The first-order valence-corrected chi connectivity index (χ1v) is 10.6. The lowest BCUT2D eigenvalue weighted by Crippen LogP contribution is -2.44. The van der Waals surface area contributed by atoms with Crippen LogP contribution >= 0.6 is 0 Å². The van der Waals surface area contributed by atoms with Crippen LogP contribution in [0, 0.1) is 5.82 Å². The number of methoxy groups -OCH3 is 3. The van der Waals surface area contributed by atoms with E-state index in [0.717, 1.165) is 5.56 Å². The Kier molecular flexibility index (Phi) is 6.40. The number of carbonyl (C=O) groups is 2. The number of nitrogens with zero attached hydrogens (tertiary/aromatic N) is 1. The van der Waals surface area contributed by atoms with Gasteiger partial charge in [-0.25, -0.2) is 4.39 Å². The van der Waals surface area contributed by atoms with E-state index in [-0.39, 0.29) is 11.6 Å². The zero-order valence-electron chi connectivity index (χ0n) is 19.3. The minimum atomic E-state index is -0.856. The topological polar surface area (TPSA) is 77.1 Å². The number of para-hydroxylation sites is 1. The molecule has 7 nitrogen and oxygen atoms in total. The maximum absolute atomic E-state index is 14.3. The van der Waals surface area contributed by atoms with Gasteiger partial charge in [0.05, 0.1) is 39.0 Å². The predicted octanol–water partition coefficient (Wildman–Crippen LogP) is 4.40. The summed E-state index contributed by atoms with van der Waals surface area (Å²) in [7, 11) is 6.16. The third-order valence-corrected chi connectivity index (χ3v) is 6.05. The Morgan fingerprint density at radius 3 is 2.21 bits per heavy atom. The molecular weight excluding hydrogens is 439 g/mol. The first-order valence-electron chi connectivity index (χ1n) is 10.6. The van der Waals surface area contributed by atoms with Gasteiger partial charge in [0.15, 0.2) is 11.5 Å². The number of ether oxygens (including phenoxy) is 3. The minimum Gasteiger partial charge on any atom is -0.497 e. The lowest BCUT2D eigenvalue weighted by atomic mass is 9.79. The standard InChI is InChI=1S/C26H25FN2O5/c1-29-24(15-9-11-16(32-2)12-10-15)23(25(30)28-20-8-6-5-7-19(20)27)17-13-21(33-3)22(34-4)14-18(17)26(29)31/h5-14,23-24H,1-4H3,(H,28,30)/t23-,24+/m0/s1. The first-order chi connectivity index (χ1) is 16.4. The second-order valence-electron chi connectivity index (χ2n) is 7.88. The zero-order valence-corrected chi connectivity index (χ0v) is 19.3. The summed E-state index contributed by atoms with van der Waals surface area (Å²) in [6.45, 7) is 0. The van der Waals surface area contributed by atoms with Crippen molar-refractivity contribution in [1.29, 1.82) is 0 Å². The molecule has 0 fully saturated rings. The van der Waals surface area contributed by atoms with Gasteiger partial charge in [-0.3, -0.25) is 9.59 Å². The van der Waals surface area contributed by atoms with Crippen LogP contribution in [0.4, 0.5) is 10.1 Å². The van der Waals surface area contributed by atoms with Crippen LogP contribution in [0.3, 0.4) is 0 Å². The molecule has 1 heterocycles. The Labute approximate surface area is 197 Å². The maximum atomic E-state index is 14.3. The van der Waals surface area contributed by atoms with E-state index in [1.54, 1.807) is 50.6 Å². The van der Waals surface area contributed by atoms with Crippen LogP contribution < -0.4 is 19.5 Å². The fourth-order valence-corrected chi connectivity index (χ4v) is 4.32. The van der Waals surface area contributed by atoms with E-state index < -0.39 is 23.7 Å². The molecule has 0 bridgehead atoms. The summed E-state index contributed by atoms with van der Waals surface area (Å²) in [5.41, 5.74) is 1.57. The van der Waals surface area contributed by atoms with Gasteiger partial charge in [0.2, 0.25) is 5.91 Å². The van der Waals surface area contributed by atoms with Crippen molar-refractivity contribution in [3.05, 3.63) is 83.2 Å². The minimum absolute atomic E-state index is 0.0579. The van der Waals surface area contributed by atoms with Crippen LogP contribution in [-0.2, 0) is 4.79 Å². The summed E-state index contributed by atoms with van der Waals surface area (Å²) in [6.07, 6.45) is 0. The summed E-state index contributed by atoms with van der Waals surface area (Å²) in [5, 5.41) is 2.70. The van der Waals surface area contributed by atoms with Crippen molar-refractivity contribution in [3.8, 4) is 17.2 Å². The fourth-order valence-electron chi connectivity index (χ4n) is 4.32. The van der Waals surface area contributed by atoms with Crippen LogP contribution in [0.5, 0.6) is 17.2 Å². The monoisotopic (exact) mass is 464 g/mol. The number of halogens is 1. The Bertz CT molecular complexity index is 1230. The number of likely N-dealkylation sites (N-methyl/N-ethyl adjacent to an activating group) is 1. The maximum Gasteiger partial charge on any atom is 0.254 e. The molecule has 3 aromatic rings. The molecule has 2 amide bonds. The number of hydrogen-bond donors (Lipinski definition) is 1. The molecule has 0 aliphatic carbocycles. The van der Waals surface area contributed by atoms with Gasteiger partial charge in [-0.2, -0.15) is 0 Å². The van der Waals surface area contributed by atoms with Crippen molar-refractivity contribution in [2.24, 2.45) is 0 Å². The molecule has 0 saturated heterocycles. The second kappa shape index (κ2) is 9.43. The molecule has 0 aromatic heterocycles. The first kappa shape index (κ1) is 23.1. The van der Waals surface area contributed by atoms with E-state index >= 15 is 0 Å². The van der Waals surface area contributed by atoms with Gasteiger partial charge in [0, 0.05) is 12.6 Å². The number of anilines is 1. The van der Waals surface area contributed by atoms with Crippen LogP contribution in [-0.4, -0.2) is 45.1 Å². The molecule has 176 valence electrons. The molecule has 34 heavy (non-hydrogen) atoms. The average molecular weight is 464 g/mol. The zero-order chi connectivity index (χ0) is 24.4. The van der Waals surface area contributed by atoms with E-state index in [2.05, 4.69) is 5.32 Å². The van der Waals surface area contributed by atoms with E-state index in [0.29, 0.717) is 28.4 Å². The highest BCUT2D eigenvalue weighted by atomic mass is 19.1. The van der Waals surface area contributed by atoms with E-state index in [1.165, 1.54) is 31.3 Å². The number of hydrogen-bond acceptors (Lipinski definition) is 5. The number of carbonyl (C=O) groups excluding carboxylic acids is 2. The van der Waals surface area contributed by atoms with Crippen LogP contribution in [0.1, 0.15) is 33.4 Å². The van der Waals surface area contributed by atoms with Gasteiger partial charge in [0.1, 0.15) is 11.6 Å². The quantitative estimate of drug-likeness (QED) is 0.585. The summed E-state index contributed by atoms with van der Waals surface area (Å²) in [4.78, 5) is 28.6. The van der Waals surface area contributed by atoms with Gasteiger partial charge in [-0.1, -0.05) is 24.3 Å². The Morgan fingerprint density at radius 2 is 1.59 bits per heavy atom. The molecule has 1 aliphatic heterocycles. The lowest BCUT2D eigenvalue weighted by molar-refractivity contribution is -0.119. The molecular formula is C26H25FN2O5. The molecule has 3 aromatic carbocycles. The second-order valence-corrected chi connectivity index (χ2v) is 7.88. The number of fused-ring (bicyclic) bond motifs is 1. The summed E-state index contributed by atoms with van der Waals surface area (Å²) < 4.78 is 30.4. The Morgan fingerprint density at radius 1 is 0.941 bits per heavy atom. The number of benzene rings is 3. The molecule has 0 unspecified atom stereocenters. The highest BCUT2D eigenvalue weighted by Crippen LogP contribution is 2.46. The number of nitrogens with one attached hydrogen (secondary N) is 1. The Hall–Kier alpha value is -4.07. The van der Waals surface area contributed by atoms with Gasteiger partial charge >= 0.3 is 0 Å². The van der Waals surface area contributed by atoms with Crippen LogP contribution in [0.25, 0.3) is 0 Å². The van der Waals surface area contributed by atoms with Crippen molar-refractivity contribution in [1.82, 2.24) is 4.90 Å². The van der Waals surface area contributed by atoms with Crippen molar-refractivity contribution >= 4 is 17.5 Å². The van der Waals surface area contributed by atoms with Crippen molar-refractivity contribution in [2.75, 3.05) is 33.7 Å². The van der Waals surface area contributed by atoms with E-state index in [9.17, 15) is 14.0 Å². The molecule has 1 aliphatic rings. The normalized spacial score (nSPS) is 17.1. The third-order valence-electron chi connectivity index (χ3n) is 6.05. The summed E-state index contributed by atoms with van der Waals surface area (Å²) >= 11 is 0. The highest BCUT2D eigenvalue weighted by molar-refractivity contribution is 6.05. The molecule has 8 heteroatoms. The largest absolute Gasteiger partial charge is 0.497 e. The van der Waals surface area contributed by atoms with Crippen molar-refractivity contribution < 1.29 is 28.2 Å².